The molecule has 3 aromatic rings. The molecule has 0 unspecified atom stereocenters. The lowest BCUT2D eigenvalue weighted by atomic mass is 10.0. The summed E-state index contributed by atoms with van der Waals surface area (Å²) in [6.45, 7) is 5.34. The van der Waals surface area contributed by atoms with E-state index in [2.05, 4.69) is 52.3 Å². The van der Waals surface area contributed by atoms with E-state index in [4.69, 9.17) is 25.2 Å². The van der Waals surface area contributed by atoms with Crippen LogP contribution in [0.1, 0.15) is 31.2 Å². The molecular formula is C32H40N4O9. The second-order valence-corrected chi connectivity index (χ2v) is 10.1. The van der Waals surface area contributed by atoms with Gasteiger partial charge >= 0.3 is 23.9 Å². The van der Waals surface area contributed by atoms with Crippen molar-refractivity contribution >= 4 is 29.4 Å². The molecule has 1 aliphatic rings. The maximum Gasteiger partial charge on any atom is 0.328 e. The standard InChI is InChI=1S/C24H32N4O.2C4H4O4/c1-26(22-12-16-27(17-13-22)20-21-9-3-2-4-10-21)14-7-8-18-29-24-19-23-11-5-6-15-28(23)25-24;2*5-3(6)1-2-4(7)8/h2-6,9-11,15,19,22H,7-8,12-14,16-18,20H2,1H3;2*1-2H,(H,5,6)(H,7,8). The Balaban J connectivity index is 0.000000365. The molecule has 0 amide bonds. The van der Waals surface area contributed by atoms with Gasteiger partial charge in [-0.05, 0) is 70.1 Å². The van der Waals surface area contributed by atoms with Gasteiger partial charge in [-0.25, -0.2) is 23.7 Å². The van der Waals surface area contributed by atoms with Crippen molar-refractivity contribution in [3.8, 4) is 5.88 Å². The SMILES string of the molecule is CN(CCCCOc1cc2ccccn2n1)C1CCN(Cc2ccccc2)CC1.O=C(O)C=CC(=O)O.O=C(O)C=CC(=O)O. The van der Waals surface area contributed by atoms with E-state index in [0.717, 1.165) is 43.9 Å². The van der Waals surface area contributed by atoms with Gasteiger partial charge in [-0.3, -0.25) is 4.90 Å². The normalized spacial score (nSPS) is 13.6. The summed E-state index contributed by atoms with van der Waals surface area (Å²) in [5, 5.41) is 35.7. The number of pyridine rings is 1. The number of hydrogen-bond acceptors (Lipinski definition) is 8. The monoisotopic (exact) mass is 624 g/mol. The Hall–Kier alpha value is -5.01. The van der Waals surface area contributed by atoms with Gasteiger partial charge in [0.05, 0.1) is 12.1 Å². The molecule has 0 aliphatic carbocycles. The smallest absolute Gasteiger partial charge is 0.328 e. The van der Waals surface area contributed by atoms with Crippen LogP contribution < -0.4 is 4.74 Å². The molecule has 242 valence electrons. The number of carboxylic acid groups (broad SMARTS) is 4. The number of fused-ring (bicyclic) bond motifs is 1. The third kappa shape index (κ3) is 15.9. The highest BCUT2D eigenvalue weighted by Crippen LogP contribution is 2.18. The largest absolute Gasteiger partial charge is 0.478 e. The van der Waals surface area contributed by atoms with Crippen LogP contribution in [-0.4, -0.2) is 103 Å². The van der Waals surface area contributed by atoms with Crippen LogP contribution in [0.3, 0.4) is 0 Å². The summed E-state index contributed by atoms with van der Waals surface area (Å²) in [4.78, 5) is 43.3. The molecule has 3 heterocycles. The maximum absolute atomic E-state index is 9.55. The lowest BCUT2D eigenvalue weighted by molar-refractivity contribution is -0.134. The summed E-state index contributed by atoms with van der Waals surface area (Å²) < 4.78 is 7.69. The fourth-order valence-corrected chi connectivity index (χ4v) is 4.45. The average Bonchev–Trinajstić information content (AvgIpc) is 3.43. The Morgan fingerprint density at radius 1 is 0.844 bits per heavy atom. The molecule has 0 atom stereocenters. The van der Waals surface area contributed by atoms with Crippen molar-refractivity contribution in [3.63, 3.8) is 0 Å². The highest BCUT2D eigenvalue weighted by atomic mass is 16.5. The molecule has 4 N–H and O–H groups in total. The molecule has 0 radical (unpaired) electrons. The first kappa shape index (κ1) is 36.2. The molecule has 0 saturated carbocycles. The molecule has 4 rings (SSSR count). The first-order valence-electron chi connectivity index (χ1n) is 14.3. The first-order chi connectivity index (χ1) is 21.5. The molecule has 0 bridgehead atoms. The van der Waals surface area contributed by atoms with Gasteiger partial charge in [0.2, 0.25) is 5.88 Å². The van der Waals surface area contributed by atoms with Gasteiger partial charge in [0.1, 0.15) is 0 Å². The number of carbonyl (C=O) groups is 4. The minimum atomic E-state index is -1.26. The van der Waals surface area contributed by atoms with Crippen molar-refractivity contribution in [2.24, 2.45) is 0 Å². The Morgan fingerprint density at radius 2 is 1.40 bits per heavy atom. The fraction of sp³-hybridized carbons (Fsp3) is 0.344. The van der Waals surface area contributed by atoms with E-state index >= 15 is 0 Å². The van der Waals surface area contributed by atoms with Gasteiger partial charge in [0.15, 0.2) is 0 Å². The Bertz CT molecular complexity index is 1320. The highest BCUT2D eigenvalue weighted by Gasteiger charge is 2.22. The van der Waals surface area contributed by atoms with Gasteiger partial charge in [-0.1, -0.05) is 36.4 Å². The van der Waals surface area contributed by atoms with Gasteiger partial charge in [-0.2, -0.15) is 0 Å². The number of aromatic nitrogens is 2. The lowest BCUT2D eigenvalue weighted by Gasteiger charge is -2.36. The van der Waals surface area contributed by atoms with Gasteiger partial charge < -0.3 is 30.1 Å². The van der Waals surface area contributed by atoms with Crippen LogP contribution in [0.5, 0.6) is 5.88 Å². The fourth-order valence-electron chi connectivity index (χ4n) is 4.45. The van der Waals surface area contributed by atoms with Gasteiger partial charge in [-0.15, -0.1) is 5.10 Å². The summed E-state index contributed by atoms with van der Waals surface area (Å²) in [5.74, 6) is -4.31. The van der Waals surface area contributed by atoms with Crippen molar-refractivity contribution < 1.29 is 44.3 Å². The van der Waals surface area contributed by atoms with Crippen molar-refractivity contribution in [1.82, 2.24) is 19.4 Å². The molecular weight excluding hydrogens is 584 g/mol. The minimum absolute atomic E-state index is 0.558. The molecule has 0 spiro atoms. The molecule has 1 fully saturated rings. The van der Waals surface area contributed by atoms with E-state index in [1.807, 2.05) is 35.0 Å². The summed E-state index contributed by atoms with van der Waals surface area (Å²) in [6, 6.07) is 19.6. The molecule has 2 aromatic heterocycles. The predicted molar refractivity (Wildman–Crippen MR) is 166 cm³/mol. The zero-order valence-electron chi connectivity index (χ0n) is 25.1. The Kier molecular flexibility index (Phi) is 16.1. The Labute approximate surface area is 261 Å². The number of carboxylic acids is 4. The van der Waals surface area contributed by atoms with Crippen LogP contribution in [0.2, 0.25) is 0 Å². The summed E-state index contributed by atoms with van der Waals surface area (Å²) in [7, 11) is 2.28. The first-order valence-corrected chi connectivity index (χ1v) is 14.3. The zero-order valence-corrected chi connectivity index (χ0v) is 25.1. The quantitative estimate of drug-likeness (QED) is 0.161. The molecule has 13 nitrogen and oxygen atoms in total. The van der Waals surface area contributed by atoms with E-state index in [9.17, 15) is 19.2 Å². The number of benzene rings is 1. The van der Waals surface area contributed by atoms with E-state index in [1.54, 1.807) is 0 Å². The molecule has 1 aliphatic heterocycles. The van der Waals surface area contributed by atoms with Crippen molar-refractivity contribution in [1.29, 1.82) is 0 Å². The third-order valence-electron chi connectivity index (χ3n) is 6.67. The van der Waals surface area contributed by atoms with Gasteiger partial charge in [0.25, 0.3) is 0 Å². The van der Waals surface area contributed by atoms with Crippen LogP contribution in [0.15, 0.2) is 85.1 Å². The van der Waals surface area contributed by atoms with E-state index < -0.39 is 23.9 Å². The predicted octanol–water partition coefficient (Wildman–Crippen LogP) is 3.51. The van der Waals surface area contributed by atoms with Crippen LogP contribution in [0.25, 0.3) is 5.52 Å². The number of aliphatic carboxylic acids is 4. The van der Waals surface area contributed by atoms with Crippen LogP contribution in [0.4, 0.5) is 0 Å². The number of nitrogens with zero attached hydrogens (tertiary/aromatic N) is 4. The Morgan fingerprint density at radius 3 is 1.93 bits per heavy atom. The van der Waals surface area contributed by atoms with Crippen LogP contribution >= 0.6 is 0 Å². The van der Waals surface area contributed by atoms with Gasteiger partial charge in [0, 0.05) is 49.2 Å². The summed E-state index contributed by atoms with van der Waals surface area (Å²) >= 11 is 0. The van der Waals surface area contributed by atoms with E-state index in [-0.39, 0.29) is 0 Å². The number of piperidine rings is 1. The summed E-state index contributed by atoms with van der Waals surface area (Å²) in [6.07, 6.45) is 8.93. The zero-order chi connectivity index (χ0) is 33.0. The van der Waals surface area contributed by atoms with E-state index in [0.29, 0.717) is 30.3 Å². The number of hydrogen-bond donors (Lipinski definition) is 4. The third-order valence-corrected chi connectivity index (χ3v) is 6.67. The molecule has 45 heavy (non-hydrogen) atoms. The number of unbranched alkanes of at least 4 members (excludes halogenated alkanes) is 1. The number of likely N-dealkylation sites (tertiary alicyclic amines) is 1. The van der Waals surface area contributed by atoms with Crippen molar-refractivity contribution in [3.05, 3.63) is 90.7 Å². The van der Waals surface area contributed by atoms with Crippen LogP contribution in [-0.2, 0) is 25.7 Å². The maximum atomic E-state index is 9.55. The van der Waals surface area contributed by atoms with Crippen molar-refractivity contribution in [2.45, 2.75) is 38.3 Å². The number of ether oxygens (including phenoxy) is 1. The molecule has 1 aromatic carbocycles. The topological polar surface area (TPSA) is 182 Å². The second-order valence-electron chi connectivity index (χ2n) is 10.1. The highest BCUT2D eigenvalue weighted by molar-refractivity contribution is 5.90. The average molecular weight is 625 g/mol. The van der Waals surface area contributed by atoms with Crippen LogP contribution in [0, 0.1) is 0 Å². The number of rotatable bonds is 13. The lowest BCUT2D eigenvalue weighted by Crippen LogP contribution is -2.43. The van der Waals surface area contributed by atoms with Crippen molar-refractivity contribution in [2.75, 3.05) is 33.3 Å². The minimum Gasteiger partial charge on any atom is -0.478 e. The molecule has 13 heteroatoms. The summed E-state index contributed by atoms with van der Waals surface area (Å²) in [5.41, 5.74) is 2.49. The second kappa shape index (κ2) is 20.0. The van der Waals surface area contributed by atoms with E-state index in [1.165, 1.54) is 31.5 Å². The molecule has 1 saturated heterocycles.